The number of amides is 2. The van der Waals surface area contributed by atoms with Crippen molar-refractivity contribution in [2.75, 3.05) is 19.7 Å². The molecule has 1 heterocycles. The molecule has 0 unspecified atom stereocenters. The number of rotatable bonds is 7. The van der Waals surface area contributed by atoms with Crippen molar-refractivity contribution in [1.29, 1.82) is 0 Å². The molecule has 0 fully saturated rings. The molecule has 0 spiro atoms. The first kappa shape index (κ1) is 19.4. The van der Waals surface area contributed by atoms with Crippen molar-refractivity contribution in [2.24, 2.45) is 0 Å². The number of furan rings is 1. The lowest BCUT2D eigenvalue weighted by Crippen LogP contribution is -2.38. The molecule has 26 heavy (non-hydrogen) atoms. The lowest BCUT2D eigenvalue weighted by atomic mass is 10.2. The number of nitrogens with one attached hydrogen (secondary N) is 2. The van der Waals surface area contributed by atoms with Gasteiger partial charge in [0.2, 0.25) is 5.91 Å². The Morgan fingerprint density at radius 2 is 1.96 bits per heavy atom. The Morgan fingerprint density at radius 1 is 1.19 bits per heavy atom. The van der Waals surface area contributed by atoms with Gasteiger partial charge in [-0.1, -0.05) is 6.07 Å². The average Bonchev–Trinajstić information content (AvgIpc) is 3.02. The molecular weight excluding hydrogens is 353 g/mol. The first-order valence-corrected chi connectivity index (χ1v) is 7.66. The van der Waals surface area contributed by atoms with E-state index in [1.807, 2.05) is 0 Å². The van der Waals surface area contributed by atoms with Crippen molar-refractivity contribution >= 4 is 11.8 Å². The van der Waals surface area contributed by atoms with Gasteiger partial charge in [-0.2, -0.15) is 13.2 Å². The Labute approximate surface area is 147 Å². The zero-order valence-corrected chi connectivity index (χ0v) is 13.9. The van der Waals surface area contributed by atoms with Crippen LogP contribution in [-0.4, -0.2) is 31.5 Å². The fraction of sp³-hybridized carbons (Fsp3) is 0.294. The fourth-order valence-corrected chi connectivity index (χ4v) is 2.06. The first-order valence-electron chi connectivity index (χ1n) is 7.66. The zero-order chi connectivity index (χ0) is 19.2. The largest absolute Gasteiger partial charge is 0.492 e. The average molecular weight is 370 g/mol. The van der Waals surface area contributed by atoms with Gasteiger partial charge in [-0.25, -0.2) is 0 Å². The normalized spacial score (nSPS) is 11.1. The maximum atomic E-state index is 12.6. The summed E-state index contributed by atoms with van der Waals surface area (Å²) < 4.78 is 47.9. The van der Waals surface area contributed by atoms with Crippen LogP contribution in [0.4, 0.5) is 13.2 Å². The molecule has 0 atom stereocenters. The summed E-state index contributed by atoms with van der Waals surface area (Å²) in [7, 11) is 0. The number of carbonyl (C=O) groups excluding carboxylic acids is 2. The minimum Gasteiger partial charge on any atom is -0.492 e. The monoisotopic (exact) mass is 370 g/mol. The molecule has 9 heteroatoms. The second kappa shape index (κ2) is 8.41. The molecule has 0 aliphatic rings. The van der Waals surface area contributed by atoms with Crippen LogP contribution in [0.5, 0.6) is 5.75 Å². The summed E-state index contributed by atoms with van der Waals surface area (Å²) in [6.07, 6.45) is -3.07. The van der Waals surface area contributed by atoms with Gasteiger partial charge in [-0.3, -0.25) is 9.59 Å². The zero-order valence-electron chi connectivity index (χ0n) is 13.9. The summed E-state index contributed by atoms with van der Waals surface area (Å²) in [5.74, 6) is -0.394. The molecule has 2 aromatic rings. The second-order valence-corrected chi connectivity index (χ2v) is 5.30. The molecule has 0 aliphatic carbocycles. The Hall–Kier alpha value is -2.97. The van der Waals surface area contributed by atoms with Crippen LogP contribution in [0.25, 0.3) is 0 Å². The molecule has 2 rings (SSSR count). The predicted molar refractivity (Wildman–Crippen MR) is 85.7 cm³/mol. The molecule has 0 bridgehead atoms. The van der Waals surface area contributed by atoms with Crippen molar-refractivity contribution in [1.82, 2.24) is 10.6 Å². The number of alkyl halides is 3. The van der Waals surface area contributed by atoms with E-state index in [0.29, 0.717) is 11.3 Å². The molecule has 0 radical (unpaired) electrons. The molecule has 6 nitrogen and oxygen atoms in total. The minimum absolute atomic E-state index is 0.0121. The lowest BCUT2D eigenvalue weighted by molar-refractivity contribution is -0.137. The molecule has 0 saturated carbocycles. The van der Waals surface area contributed by atoms with E-state index in [2.05, 4.69) is 10.6 Å². The fourth-order valence-electron chi connectivity index (χ4n) is 2.06. The number of hydrogen-bond donors (Lipinski definition) is 2. The molecule has 1 aromatic carbocycles. The summed E-state index contributed by atoms with van der Waals surface area (Å²) >= 11 is 0. The molecule has 1 aromatic heterocycles. The third kappa shape index (κ3) is 5.54. The summed E-state index contributed by atoms with van der Waals surface area (Å²) in [4.78, 5) is 23.4. The van der Waals surface area contributed by atoms with Gasteiger partial charge in [0, 0.05) is 0 Å². The quantitative estimate of drug-likeness (QED) is 0.734. The van der Waals surface area contributed by atoms with E-state index >= 15 is 0 Å². The minimum atomic E-state index is -4.45. The maximum absolute atomic E-state index is 12.6. The number of ether oxygens (including phenoxy) is 1. The highest BCUT2D eigenvalue weighted by molar-refractivity contribution is 5.97. The van der Waals surface area contributed by atoms with Gasteiger partial charge < -0.3 is 19.8 Å². The molecule has 2 N–H and O–H groups in total. The maximum Gasteiger partial charge on any atom is 0.416 e. The molecule has 140 valence electrons. The van der Waals surface area contributed by atoms with E-state index in [1.165, 1.54) is 24.5 Å². The highest BCUT2D eigenvalue weighted by Gasteiger charge is 2.30. The van der Waals surface area contributed by atoms with E-state index in [4.69, 9.17) is 9.15 Å². The van der Waals surface area contributed by atoms with Crippen LogP contribution in [0, 0.1) is 6.92 Å². The third-order valence-electron chi connectivity index (χ3n) is 3.37. The molecular formula is C17H17F3N2O4. The molecule has 2 amide bonds. The Kier molecular flexibility index (Phi) is 6.26. The van der Waals surface area contributed by atoms with Crippen LogP contribution in [0.2, 0.25) is 0 Å². The number of hydrogen-bond acceptors (Lipinski definition) is 4. The van der Waals surface area contributed by atoms with E-state index < -0.39 is 23.6 Å². The van der Waals surface area contributed by atoms with Crippen LogP contribution in [0.15, 0.2) is 41.0 Å². The summed E-state index contributed by atoms with van der Waals surface area (Å²) in [5, 5.41) is 4.92. The lowest BCUT2D eigenvalue weighted by Gasteiger charge is -2.11. The van der Waals surface area contributed by atoms with Gasteiger partial charge >= 0.3 is 6.18 Å². The Balaban J connectivity index is 1.69. The van der Waals surface area contributed by atoms with Crippen LogP contribution in [0.1, 0.15) is 21.7 Å². The highest BCUT2D eigenvalue weighted by atomic mass is 19.4. The molecule has 0 aliphatic heterocycles. The van der Waals surface area contributed by atoms with Crippen LogP contribution >= 0.6 is 0 Å². The van der Waals surface area contributed by atoms with Crippen LogP contribution in [0.3, 0.4) is 0 Å². The van der Waals surface area contributed by atoms with Crippen LogP contribution in [-0.2, 0) is 11.0 Å². The van der Waals surface area contributed by atoms with E-state index in [-0.39, 0.29) is 25.4 Å². The topological polar surface area (TPSA) is 80.6 Å². The number of benzene rings is 1. The van der Waals surface area contributed by atoms with Gasteiger partial charge in [0.15, 0.2) is 0 Å². The first-order chi connectivity index (χ1) is 12.3. The van der Waals surface area contributed by atoms with Gasteiger partial charge in [0.1, 0.15) is 18.1 Å². The van der Waals surface area contributed by atoms with Crippen molar-refractivity contribution in [3.05, 3.63) is 53.5 Å². The summed E-state index contributed by atoms with van der Waals surface area (Å²) in [6, 6.07) is 5.95. The molecule has 0 saturated heterocycles. The SMILES string of the molecule is Cc1occc1C(=O)NCC(=O)NCCOc1cccc(C(F)(F)F)c1. The number of aryl methyl sites for hydroxylation is 1. The van der Waals surface area contributed by atoms with E-state index in [0.717, 1.165) is 12.1 Å². The van der Waals surface area contributed by atoms with Crippen LogP contribution < -0.4 is 15.4 Å². The van der Waals surface area contributed by atoms with Gasteiger partial charge in [-0.05, 0) is 31.2 Å². The van der Waals surface area contributed by atoms with Gasteiger partial charge in [0.25, 0.3) is 5.91 Å². The Morgan fingerprint density at radius 3 is 2.62 bits per heavy atom. The van der Waals surface area contributed by atoms with Crippen molar-refractivity contribution in [3.63, 3.8) is 0 Å². The standard InChI is InChI=1S/C17H17F3N2O4/c1-11-14(5-7-25-11)16(24)22-10-15(23)21-6-8-26-13-4-2-3-12(9-13)17(18,19)20/h2-5,7,9H,6,8,10H2,1H3,(H,21,23)(H,22,24). The summed E-state index contributed by atoms with van der Waals surface area (Å²) in [5.41, 5.74) is -0.470. The smallest absolute Gasteiger partial charge is 0.416 e. The van der Waals surface area contributed by atoms with E-state index in [1.54, 1.807) is 6.92 Å². The van der Waals surface area contributed by atoms with Crippen molar-refractivity contribution in [3.8, 4) is 5.75 Å². The number of carbonyl (C=O) groups is 2. The Bertz CT molecular complexity index is 771. The van der Waals surface area contributed by atoms with Gasteiger partial charge in [-0.15, -0.1) is 0 Å². The summed E-state index contributed by atoms with van der Waals surface area (Å²) in [6.45, 7) is 1.45. The van der Waals surface area contributed by atoms with Crippen molar-refractivity contribution in [2.45, 2.75) is 13.1 Å². The van der Waals surface area contributed by atoms with E-state index in [9.17, 15) is 22.8 Å². The highest BCUT2D eigenvalue weighted by Crippen LogP contribution is 2.31. The second-order valence-electron chi connectivity index (χ2n) is 5.30. The van der Waals surface area contributed by atoms with Gasteiger partial charge in [0.05, 0.1) is 30.5 Å². The predicted octanol–water partition coefficient (Wildman–Crippen LogP) is 2.53. The van der Waals surface area contributed by atoms with Crippen molar-refractivity contribution < 1.29 is 31.9 Å². The number of halogens is 3. The third-order valence-corrected chi connectivity index (χ3v) is 3.37.